The molecule has 4 rings (SSSR count). The zero-order valence-electron chi connectivity index (χ0n) is 14.5. The quantitative estimate of drug-likeness (QED) is 0.513. The van der Waals surface area contributed by atoms with E-state index in [1.54, 1.807) is 41.9 Å². The van der Waals surface area contributed by atoms with Gasteiger partial charge in [0.25, 0.3) is 15.9 Å². The molecular weight excluding hydrogens is 394 g/mol. The molecule has 2 aromatic carbocycles. The number of anilines is 2. The number of carbonyl (C=O) groups excluding carboxylic acids is 1. The molecule has 0 saturated heterocycles. The Kier molecular flexibility index (Phi) is 4.81. The summed E-state index contributed by atoms with van der Waals surface area (Å²) in [5.41, 5.74) is 2.26. The molecule has 0 radical (unpaired) electrons. The van der Waals surface area contributed by atoms with Gasteiger partial charge >= 0.3 is 0 Å². The minimum absolute atomic E-state index is 0.235. The fourth-order valence-corrected chi connectivity index (χ4v) is 4.77. The predicted molar refractivity (Wildman–Crippen MR) is 111 cm³/mol. The van der Waals surface area contributed by atoms with Crippen LogP contribution in [0.3, 0.4) is 0 Å². The molecule has 0 atom stereocenters. The number of pyridine rings is 1. The van der Waals surface area contributed by atoms with E-state index in [1.807, 2.05) is 30.3 Å². The van der Waals surface area contributed by atoms with E-state index >= 15 is 0 Å². The summed E-state index contributed by atoms with van der Waals surface area (Å²) in [5.74, 6) is -0.288. The van der Waals surface area contributed by atoms with E-state index in [4.69, 9.17) is 0 Å². The molecule has 28 heavy (non-hydrogen) atoms. The first kappa shape index (κ1) is 18.1. The molecule has 140 valence electrons. The van der Waals surface area contributed by atoms with Crippen LogP contribution in [0.1, 0.15) is 10.4 Å². The third kappa shape index (κ3) is 3.73. The fourth-order valence-electron chi connectivity index (χ4n) is 2.72. The van der Waals surface area contributed by atoms with E-state index in [0.29, 0.717) is 16.9 Å². The maximum absolute atomic E-state index is 12.6. The molecular formula is C20H15N3O3S2. The second kappa shape index (κ2) is 7.41. The maximum atomic E-state index is 12.6. The van der Waals surface area contributed by atoms with Gasteiger partial charge in [-0.25, -0.2) is 8.42 Å². The molecule has 2 aromatic heterocycles. The number of aromatic nitrogens is 1. The Morgan fingerprint density at radius 3 is 2.50 bits per heavy atom. The maximum Gasteiger partial charge on any atom is 0.271 e. The largest absolute Gasteiger partial charge is 0.321 e. The van der Waals surface area contributed by atoms with E-state index in [-0.39, 0.29) is 10.1 Å². The van der Waals surface area contributed by atoms with Gasteiger partial charge in [0, 0.05) is 22.8 Å². The van der Waals surface area contributed by atoms with Gasteiger partial charge in [0.15, 0.2) is 0 Å². The molecule has 0 aliphatic rings. The lowest BCUT2D eigenvalue weighted by Gasteiger charge is -2.10. The van der Waals surface area contributed by atoms with Crippen molar-refractivity contribution in [1.29, 1.82) is 0 Å². The molecule has 0 bridgehead atoms. The van der Waals surface area contributed by atoms with Gasteiger partial charge in [-0.1, -0.05) is 12.1 Å². The molecule has 0 unspecified atom stereocenters. The fraction of sp³-hybridized carbons (Fsp3) is 0. The van der Waals surface area contributed by atoms with Gasteiger partial charge in [0.1, 0.15) is 4.21 Å². The van der Waals surface area contributed by atoms with Gasteiger partial charge in [-0.2, -0.15) is 0 Å². The Morgan fingerprint density at radius 2 is 1.75 bits per heavy atom. The van der Waals surface area contributed by atoms with Crippen molar-refractivity contribution in [3.05, 3.63) is 83.9 Å². The smallest absolute Gasteiger partial charge is 0.271 e. The Hall–Kier alpha value is -3.23. The molecule has 0 fully saturated rings. The van der Waals surface area contributed by atoms with Crippen molar-refractivity contribution in [2.45, 2.75) is 4.21 Å². The number of carbonyl (C=O) groups is 1. The van der Waals surface area contributed by atoms with E-state index < -0.39 is 10.0 Å². The summed E-state index contributed by atoms with van der Waals surface area (Å²) in [4.78, 5) is 16.8. The second-order valence-electron chi connectivity index (χ2n) is 5.94. The summed E-state index contributed by atoms with van der Waals surface area (Å²) in [6, 6.07) is 18.7. The van der Waals surface area contributed by atoms with Gasteiger partial charge in [0.2, 0.25) is 0 Å². The average molecular weight is 409 g/mol. The Bertz CT molecular complexity index is 1230. The van der Waals surface area contributed by atoms with Crippen LogP contribution in [0.15, 0.2) is 82.5 Å². The number of thiophene rings is 1. The molecule has 4 aromatic rings. The number of nitrogens with zero attached hydrogens (tertiary/aromatic N) is 1. The van der Waals surface area contributed by atoms with Gasteiger partial charge in [-0.3, -0.25) is 14.5 Å². The van der Waals surface area contributed by atoms with Crippen LogP contribution in [0.4, 0.5) is 11.4 Å². The number of sulfonamides is 1. The van der Waals surface area contributed by atoms with Crippen LogP contribution in [0.5, 0.6) is 0 Å². The van der Waals surface area contributed by atoms with E-state index in [1.165, 1.54) is 6.07 Å². The lowest BCUT2D eigenvalue weighted by Crippen LogP contribution is -2.13. The lowest BCUT2D eigenvalue weighted by molar-refractivity contribution is 0.102. The van der Waals surface area contributed by atoms with Crippen LogP contribution in [0, 0.1) is 0 Å². The number of benzene rings is 2. The first-order valence-electron chi connectivity index (χ1n) is 8.34. The lowest BCUT2D eigenvalue weighted by atomic mass is 10.1. The monoisotopic (exact) mass is 409 g/mol. The number of rotatable bonds is 5. The number of hydrogen-bond donors (Lipinski definition) is 2. The highest BCUT2D eigenvalue weighted by molar-refractivity contribution is 7.94. The van der Waals surface area contributed by atoms with E-state index in [0.717, 1.165) is 22.2 Å². The van der Waals surface area contributed by atoms with Gasteiger partial charge in [-0.05, 0) is 60.0 Å². The number of nitrogens with one attached hydrogen (secondary N) is 2. The third-order valence-electron chi connectivity index (χ3n) is 4.05. The normalized spacial score (nSPS) is 11.3. The van der Waals surface area contributed by atoms with Gasteiger partial charge < -0.3 is 5.32 Å². The van der Waals surface area contributed by atoms with E-state index in [9.17, 15) is 13.2 Å². The van der Waals surface area contributed by atoms with Gasteiger partial charge in [0.05, 0.1) is 11.2 Å². The van der Waals surface area contributed by atoms with Crippen LogP contribution < -0.4 is 10.0 Å². The SMILES string of the molecule is O=C(Nc1cccc2ncccc12)c1ccc(NS(=O)(=O)c2cccs2)cc1. The van der Waals surface area contributed by atoms with Crippen LogP contribution >= 0.6 is 11.3 Å². The molecule has 2 heterocycles. The summed E-state index contributed by atoms with van der Waals surface area (Å²) < 4.78 is 27.3. The molecule has 0 aliphatic carbocycles. The summed E-state index contributed by atoms with van der Waals surface area (Å²) in [6.07, 6.45) is 1.70. The Labute approximate surface area is 165 Å². The third-order valence-corrected chi connectivity index (χ3v) is 6.83. The minimum atomic E-state index is -3.61. The van der Waals surface area contributed by atoms with Crippen LogP contribution in [-0.2, 0) is 10.0 Å². The van der Waals surface area contributed by atoms with Crippen LogP contribution in [-0.4, -0.2) is 19.3 Å². The van der Waals surface area contributed by atoms with Crippen LogP contribution in [0.25, 0.3) is 10.9 Å². The highest BCUT2D eigenvalue weighted by atomic mass is 32.2. The number of amides is 1. The summed E-state index contributed by atoms with van der Waals surface area (Å²) in [7, 11) is -3.61. The highest BCUT2D eigenvalue weighted by Gasteiger charge is 2.15. The summed E-state index contributed by atoms with van der Waals surface area (Å²) in [5, 5.41) is 5.42. The highest BCUT2D eigenvalue weighted by Crippen LogP contribution is 2.23. The van der Waals surface area contributed by atoms with Crippen molar-refractivity contribution in [3.8, 4) is 0 Å². The zero-order chi connectivity index (χ0) is 19.6. The number of fused-ring (bicyclic) bond motifs is 1. The number of hydrogen-bond acceptors (Lipinski definition) is 5. The Morgan fingerprint density at radius 1 is 0.929 bits per heavy atom. The van der Waals surface area contributed by atoms with Crippen molar-refractivity contribution >= 4 is 49.5 Å². The standard InChI is InChI=1S/C20H15N3O3S2/c24-20(22-18-6-1-5-17-16(18)4-2-12-21-17)14-8-10-15(11-9-14)23-28(25,26)19-7-3-13-27-19/h1-13,23H,(H,22,24). The second-order valence-corrected chi connectivity index (χ2v) is 8.80. The molecule has 6 nitrogen and oxygen atoms in total. The molecule has 0 spiro atoms. The molecule has 0 saturated carbocycles. The molecule has 1 amide bonds. The Balaban J connectivity index is 1.51. The van der Waals surface area contributed by atoms with Crippen molar-refractivity contribution in [2.75, 3.05) is 10.0 Å². The van der Waals surface area contributed by atoms with Crippen molar-refractivity contribution in [2.24, 2.45) is 0 Å². The van der Waals surface area contributed by atoms with Crippen molar-refractivity contribution in [1.82, 2.24) is 4.98 Å². The summed E-state index contributed by atoms with van der Waals surface area (Å²) >= 11 is 1.14. The zero-order valence-corrected chi connectivity index (χ0v) is 16.1. The molecule has 8 heteroatoms. The van der Waals surface area contributed by atoms with Gasteiger partial charge in [-0.15, -0.1) is 11.3 Å². The minimum Gasteiger partial charge on any atom is -0.321 e. The average Bonchev–Trinajstić information content (AvgIpc) is 3.24. The first-order chi connectivity index (χ1) is 13.5. The predicted octanol–water partition coefficient (Wildman–Crippen LogP) is 4.35. The first-order valence-corrected chi connectivity index (χ1v) is 10.7. The van der Waals surface area contributed by atoms with Crippen molar-refractivity contribution in [3.63, 3.8) is 0 Å². The van der Waals surface area contributed by atoms with Crippen molar-refractivity contribution < 1.29 is 13.2 Å². The van der Waals surface area contributed by atoms with E-state index in [2.05, 4.69) is 15.0 Å². The van der Waals surface area contributed by atoms with Crippen LogP contribution in [0.2, 0.25) is 0 Å². The summed E-state index contributed by atoms with van der Waals surface area (Å²) in [6.45, 7) is 0. The topological polar surface area (TPSA) is 88.2 Å². The molecule has 0 aliphatic heterocycles. The molecule has 2 N–H and O–H groups in total.